The zero-order chi connectivity index (χ0) is 9.84. The number of hydrogen-bond acceptors (Lipinski definition) is 3. The molecule has 13 heavy (non-hydrogen) atoms. The minimum absolute atomic E-state index is 0.0596. The van der Waals surface area contributed by atoms with E-state index in [0.29, 0.717) is 0 Å². The molecule has 0 radical (unpaired) electrons. The minimum atomic E-state index is -0.576. The molecule has 0 aliphatic heterocycles. The van der Waals surface area contributed by atoms with Crippen molar-refractivity contribution in [2.24, 2.45) is 11.8 Å². The summed E-state index contributed by atoms with van der Waals surface area (Å²) in [7, 11) is 1.32. The molecule has 0 amide bonds. The van der Waals surface area contributed by atoms with Crippen LogP contribution < -0.4 is 0 Å². The normalized spacial score (nSPS) is 19.8. The Morgan fingerprint density at radius 2 is 1.85 bits per heavy atom. The quantitative estimate of drug-likeness (QED) is 0.493. The lowest BCUT2D eigenvalue weighted by Gasteiger charge is -2.12. The Kier molecular flexibility index (Phi) is 3.46. The molecule has 74 valence electrons. The number of ketones is 1. The number of ether oxygens (including phenoxy) is 1. The monoisotopic (exact) mass is 184 g/mol. The van der Waals surface area contributed by atoms with Crippen molar-refractivity contribution in [1.29, 1.82) is 0 Å². The second-order valence-electron chi connectivity index (χ2n) is 3.63. The van der Waals surface area contributed by atoms with Gasteiger partial charge in [-0.15, -0.1) is 0 Å². The summed E-state index contributed by atoms with van der Waals surface area (Å²) in [6.45, 7) is 1.63. The number of carbonyl (C=O) groups is 2. The second kappa shape index (κ2) is 4.40. The zero-order valence-corrected chi connectivity index (χ0v) is 8.21. The Labute approximate surface area is 78.5 Å². The fourth-order valence-corrected chi connectivity index (χ4v) is 1.86. The SMILES string of the molecule is COC(=O)C(C)C(=O)C1CCCC1. The van der Waals surface area contributed by atoms with Gasteiger partial charge < -0.3 is 4.74 Å². The van der Waals surface area contributed by atoms with Gasteiger partial charge >= 0.3 is 5.97 Å². The number of rotatable bonds is 3. The number of Topliss-reactive ketones (excluding diaryl/α,β-unsaturated/α-hetero) is 1. The molecule has 0 aromatic rings. The second-order valence-corrected chi connectivity index (χ2v) is 3.63. The molecule has 1 rings (SSSR count). The number of carbonyl (C=O) groups excluding carboxylic acids is 2. The van der Waals surface area contributed by atoms with Gasteiger partial charge in [-0.05, 0) is 19.8 Å². The summed E-state index contributed by atoms with van der Waals surface area (Å²) in [4.78, 5) is 22.7. The Balaban J connectivity index is 2.50. The van der Waals surface area contributed by atoms with E-state index >= 15 is 0 Å². The van der Waals surface area contributed by atoms with Crippen LogP contribution in [0.25, 0.3) is 0 Å². The smallest absolute Gasteiger partial charge is 0.315 e. The molecule has 0 N–H and O–H groups in total. The molecule has 0 saturated heterocycles. The van der Waals surface area contributed by atoms with E-state index in [-0.39, 0.29) is 11.7 Å². The summed E-state index contributed by atoms with van der Waals surface area (Å²) in [6.07, 6.45) is 4.12. The summed E-state index contributed by atoms with van der Waals surface area (Å²) in [5, 5.41) is 0. The molecular formula is C10H16O3. The molecule has 3 nitrogen and oxygen atoms in total. The van der Waals surface area contributed by atoms with Gasteiger partial charge in [0, 0.05) is 5.92 Å². The maximum Gasteiger partial charge on any atom is 0.315 e. The molecule has 0 aromatic carbocycles. The predicted octanol–water partition coefficient (Wildman–Crippen LogP) is 1.55. The maximum atomic E-state index is 11.6. The number of methoxy groups -OCH3 is 1. The Bertz CT molecular complexity index is 204. The minimum Gasteiger partial charge on any atom is -0.468 e. The summed E-state index contributed by atoms with van der Waals surface area (Å²) < 4.78 is 4.53. The van der Waals surface area contributed by atoms with E-state index in [4.69, 9.17) is 0 Å². The maximum absolute atomic E-state index is 11.6. The van der Waals surface area contributed by atoms with Gasteiger partial charge in [0.05, 0.1) is 7.11 Å². The first-order chi connectivity index (χ1) is 6.16. The van der Waals surface area contributed by atoms with Crippen LogP contribution in [0.3, 0.4) is 0 Å². The van der Waals surface area contributed by atoms with Crippen LogP contribution in [0, 0.1) is 11.8 Å². The Morgan fingerprint density at radius 3 is 2.31 bits per heavy atom. The lowest BCUT2D eigenvalue weighted by molar-refractivity contribution is -0.149. The van der Waals surface area contributed by atoms with Gasteiger partial charge in [0.2, 0.25) is 0 Å². The summed E-state index contributed by atoms with van der Waals surface area (Å²) in [5.74, 6) is -0.816. The van der Waals surface area contributed by atoms with Gasteiger partial charge in [-0.1, -0.05) is 12.8 Å². The van der Waals surface area contributed by atoms with E-state index in [9.17, 15) is 9.59 Å². The molecule has 1 aliphatic rings. The van der Waals surface area contributed by atoms with Crippen molar-refractivity contribution in [3.8, 4) is 0 Å². The first-order valence-electron chi connectivity index (χ1n) is 4.78. The highest BCUT2D eigenvalue weighted by Gasteiger charge is 2.30. The predicted molar refractivity (Wildman–Crippen MR) is 48.1 cm³/mol. The molecule has 0 spiro atoms. The average molecular weight is 184 g/mol. The molecular weight excluding hydrogens is 168 g/mol. The third-order valence-electron chi connectivity index (χ3n) is 2.74. The zero-order valence-electron chi connectivity index (χ0n) is 8.21. The van der Waals surface area contributed by atoms with Crippen LogP contribution in [0.4, 0.5) is 0 Å². The molecule has 1 aliphatic carbocycles. The van der Waals surface area contributed by atoms with Gasteiger partial charge in [-0.3, -0.25) is 9.59 Å². The van der Waals surface area contributed by atoms with Crippen LogP contribution >= 0.6 is 0 Å². The summed E-state index contributed by atoms with van der Waals surface area (Å²) in [5.41, 5.74) is 0. The van der Waals surface area contributed by atoms with Crippen LogP contribution in [0.15, 0.2) is 0 Å². The van der Waals surface area contributed by atoms with E-state index < -0.39 is 11.9 Å². The first kappa shape index (κ1) is 10.2. The van der Waals surface area contributed by atoms with Crippen molar-refractivity contribution < 1.29 is 14.3 Å². The standard InChI is InChI=1S/C10H16O3/c1-7(10(12)13-2)9(11)8-5-3-4-6-8/h7-8H,3-6H2,1-2H3. The average Bonchev–Trinajstić information content (AvgIpc) is 2.67. The Hall–Kier alpha value is -0.860. The molecule has 0 bridgehead atoms. The van der Waals surface area contributed by atoms with Crippen LogP contribution in [0.5, 0.6) is 0 Å². The van der Waals surface area contributed by atoms with Crippen LogP contribution in [-0.4, -0.2) is 18.9 Å². The van der Waals surface area contributed by atoms with E-state index in [1.165, 1.54) is 7.11 Å². The van der Waals surface area contributed by atoms with Gasteiger partial charge in [-0.25, -0.2) is 0 Å². The Morgan fingerprint density at radius 1 is 1.31 bits per heavy atom. The highest BCUT2D eigenvalue weighted by atomic mass is 16.5. The summed E-state index contributed by atoms with van der Waals surface area (Å²) in [6, 6.07) is 0. The van der Waals surface area contributed by atoms with Crippen molar-refractivity contribution in [3.05, 3.63) is 0 Å². The number of hydrogen-bond donors (Lipinski definition) is 0. The van der Waals surface area contributed by atoms with Gasteiger partial charge in [0.1, 0.15) is 11.7 Å². The van der Waals surface area contributed by atoms with Gasteiger partial charge in [0.15, 0.2) is 0 Å². The highest BCUT2D eigenvalue weighted by molar-refractivity contribution is 5.99. The summed E-state index contributed by atoms with van der Waals surface area (Å²) >= 11 is 0. The topological polar surface area (TPSA) is 43.4 Å². The van der Waals surface area contributed by atoms with Gasteiger partial charge in [-0.2, -0.15) is 0 Å². The lowest BCUT2D eigenvalue weighted by Crippen LogP contribution is -2.27. The van der Waals surface area contributed by atoms with E-state index in [1.54, 1.807) is 6.92 Å². The van der Waals surface area contributed by atoms with E-state index in [1.807, 2.05) is 0 Å². The van der Waals surface area contributed by atoms with Crippen LogP contribution in [0.2, 0.25) is 0 Å². The van der Waals surface area contributed by atoms with Crippen molar-refractivity contribution in [1.82, 2.24) is 0 Å². The van der Waals surface area contributed by atoms with Crippen molar-refractivity contribution >= 4 is 11.8 Å². The lowest BCUT2D eigenvalue weighted by atomic mass is 9.93. The fourth-order valence-electron chi connectivity index (χ4n) is 1.86. The van der Waals surface area contributed by atoms with E-state index in [2.05, 4.69) is 4.74 Å². The van der Waals surface area contributed by atoms with Crippen LogP contribution in [-0.2, 0) is 14.3 Å². The molecule has 1 atom stereocenters. The first-order valence-corrected chi connectivity index (χ1v) is 4.78. The van der Waals surface area contributed by atoms with Crippen molar-refractivity contribution in [2.75, 3.05) is 7.11 Å². The fraction of sp³-hybridized carbons (Fsp3) is 0.800. The molecule has 0 aromatic heterocycles. The van der Waals surface area contributed by atoms with Crippen molar-refractivity contribution in [3.63, 3.8) is 0 Å². The third kappa shape index (κ3) is 2.29. The highest BCUT2D eigenvalue weighted by Crippen LogP contribution is 2.27. The molecule has 1 saturated carbocycles. The largest absolute Gasteiger partial charge is 0.468 e. The third-order valence-corrected chi connectivity index (χ3v) is 2.74. The van der Waals surface area contributed by atoms with Crippen molar-refractivity contribution in [2.45, 2.75) is 32.6 Å². The van der Waals surface area contributed by atoms with Crippen LogP contribution in [0.1, 0.15) is 32.6 Å². The molecule has 1 fully saturated rings. The molecule has 3 heteroatoms. The molecule has 1 unspecified atom stereocenters. The molecule has 0 heterocycles. The van der Waals surface area contributed by atoms with E-state index in [0.717, 1.165) is 25.7 Å². The number of esters is 1. The van der Waals surface area contributed by atoms with Gasteiger partial charge in [0.25, 0.3) is 0 Å².